The van der Waals surface area contributed by atoms with Gasteiger partial charge in [0.15, 0.2) is 0 Å². The zero-order valence-electron chi connectivity index (χ0n) is 5.50. The molecule has 2 rings (SSSR count). The number of rotatable bonds is 0. The standard InChI is InChI=1S/C7H5Cl2NS/c8-7-5-2-4-11-6(5)1-3-10(7)9/h1-4,7H. The van der Waals surface area contributed by atoms with Crippen LogP contribution in [0.15, 0.2) is 17.6 Å². The second-order valence-corrected chi connectivity index (χ2v) is 3.99. The lowest BCUT2D eigenvalue weighted by Gasteiger charge is -2.21. The quantitative estimate of drug-likeness (QED) is 0.357. The molecular formula is C7H5Cl2NS. The number of nitrogens with zero attached hydrogens (tertiary/aromatic N) is 1. The third kappa shape index (κ3) is 1.15. The molecule has 0 aliphatic carbocycles. The molecule has 2 heterocycles. The smallest absolute Gasteiger partial charge is 0.145 e. The van der Waals surface area contributed by atoms with Gasteiger partial charge in [0.2, 0.25) is 0 Å². The highest BCUT2D eigenvalue weighted by Crippen LogP contribution is 2.36. The van der Waals surface area contributed by atoms with Gasteiger partial charge in [-0.2, -0.15) is 0 Å². The fraction of sp³-hybridized carbons (Fsp3) is 0.143. The van der Waals surface area contributed by atoms with Crippen molar-refractivity contribution in [1.82, 2.24) is 4.42 Å². The highest BCUT2D eigenvalue weighted by Gasteiger charge is 2.20. The molecule has 1 aliphatic rings. The molecule has 0 bridgehead atoms. The zero-order chi connectivity index (χ0) is 7.84. The summed E-state index contributed by atoms with van der Waals surface area (Å²) in [5.74, 6) is 0. The highest BCUT2D eigenvalue weighted by molar-refractivity contribution is 7.11. The molecule has 1 atom stereocenters. The molecule has 0 saturated carbocycles. The molecule has 0 spiro atoms. The van der Waals surface area contributed by atoms with Crippen molar-refractivity contribution in [1.29, 1.82) is 0 Å². The van der Waals surface area contributed by atoms with E-state index >= 15 is 0 Å². The molecule has 1 nitrogen and oxygen atoms in total. The summed E-state index contributed by atoms with van der Waals surface area (Å²) >= 11 is 13.4. The first-order valence-corrected chi connectivity index (χ1v) is 4.78. The Morgan fingerprint density at radius 3 is 3.18 bits per heavy atom. The van der Waals surface area contributed by atoms with Crippen LogP contribution in [0.1, 0.15) is 15.9 Å². The average molecular weight is 206 g/mol. The van der Waals surface area contributed by atoms with Crippen LogP contribution in [0.4, 0.5) is 0 Å². The van der Waals surface area contributed by atoms with Crippen molar-refractivity contribution >= 4 is 40.8 Å². The van der Waals surface area contributed by atoms with E-state index in [0.29, 0.717) is 0 Å². The normalized spacial score (nSPS) is 22.0. The Morgan fingerprint density at radius 1 is 1.55 bits per heavy atom. The number of alkyl halides is 1. The van der Waals surface area contributed by atoms with Crippen LogP contribution >= 0.6 is 34.7 Å². The molecule has 0 radical (unpaired) electrons. The van der Waals surface area contributed by atoms with Gasteiger partial charge in [-0.3, -0.25) is 4.42 Å². The minimum atomic E-state index is -0.220. The van der Waals surface area contributed by atoms with Gasteiger partial charge in [0.05, 0.1) is 0 Å². The van der Waals surface area contributed by atoms with E-state index in [-0.39, 0.29) is 5.50 Å². The summed E-state index contributed by atoms with van der Waals surface area (Å²) in [5, 5.41) is 2.01. The predicted molar refractivity (Wildman–Crippen MR) is 49.6 cm³/mol. The summed E-state index contributed by atoms with van der Waals surface area (Å²) < 4.78 is 1.47. The van der Waals surface area contributed by atoms with Crippen LogP contribution in [-0.2, 0) is 0 Å². The Labute approximate surface area is 78.9 Å². The maximum absolute atomic E-state index is 5.99. The Bertz CT molecular complexity index is 294. The molecule has 4 heteroatoms. The summed E-state index contributed by atoms with van der Waals surface area (Å²) in [6, 6.07) is 2.00. The molecule has 1 aliphatic heterocycles. The lowest BCUT2D eigenvalue weighted by Crippen LogP contribution is -2.10. The molecule has 58 valence electrons. The molecule has 0 N–H and O–H groups in total. The van der Waals surface area contributed by atoms with Crippen molar-refractivity contribution in [3.05, 3.63) is 28.1 Å². The molecule has 11 heavy (non-hydrogen) atoms. The molecule has 0 amide bonds. The molecule has 0 fully saturated rings. The first-order chi connectivity index (χ1) is 5.29. The van der Waals surface area contributed by atoms with Gasteiger partial charge in [-0.05, 0) is 17.5 Å². The van der Waals surface area contributed by atoms with Crippen LogP contribution in [0.5, 0.6) is 0 Å². The third-order valence-electron chi connectivity index (χ3n) is 1.57. The van der Waals surface area contributed by atoms with Crippen LogP contribution in [-0.4, -0.2) is 4.42 Å². The van der Waals surface area contributed by atoms with E-state index in [1.54, 1.807) is 17.5 Å². The van der Waals surface area contributed by atoms with Crippen LogP contribution in [0.3, 0.4) is 0 Å². The average Bonchev–Trinajstić information content (AvgIpc) is 2.45. The summed E-state index contributed by atoms with van der Waals surface area (Å²) in [5.41, 5.74) is 0.872. The summed E-state index contributed by atoms with van der Waals surface area (Å²) in [4.78, 5) is 1.20. The molecular weight excluding hydrogens is 201 g/mol. The van der Waals surface area contributed by atoms with Gasteiger partial charge in [-0.15, -0.1) is 11.3 Å². The second-order valence-electron chi connectivity index (χ2n) is 2.24. The Morgan fingerprint density at radius 2 is 2.36 bits per heavy atom. The fourth-order valence-electron chi connectivity index (χ4n) is 1.01. The van der Waals surface area contributed by atoms with E-state index in [2.05, 4.69) is 0 Å². The van der Waals surface area contributed by atoms with Crippen molar-refractivity contribution in [3.8, 4) is 0 Å². The van der Waals surface area contributed by atoms with Gasteiger partial charge in [0, 0.05) is 28.4 Å². The number of hydrogen-bond donors (Lipinski definition) is 0. The SMILES string of the molecule is ClC1c2ccsc2C=CN1Cl. The van der Waals surface area contributed by atoms with Gasteiger partial charge in [-0.1, -0.05) is 11.6 Å². The van der Waals surface area contributed by atoms with Gasteiger partial charge >= 0.3 is 0 Å². The van der Waals surface area contributed by atoms with Crippen LogP contribution in [0.25, 0.3) is 6.08 Å². The van der Waals surface area contributed by atoms with E-state index in [1.807, 2.05) is 17.5 Å². The molecule has 1 aromatic rings. The van der Waals surface area contributed by atoms with Crippen molar-refractivity contribution in [2.45, 2.75) is 5.50 Å². The Kier molecular flexibility index (Phi) is 1.83. The predicted octanol–water partition coefficient (Wildman–Crippen LogP) is 3.43. The Hall–Kier alpha value is -0.180. The minimum Gasteiger partial charge on any atom is -0.270 e. The van der Waals surface area contributed by atoms with Crippen molar-refractivity contribution in [2.24, 2.45) is 0 Å². The highest BCUT2D eigenvalue weighted by atomic mass is 35.5. The number of hydrogen-bond acceptors (Lipinski definition) is 2. The lowest BCUT2D eigenvalue weighted by atomic mass is 10.2. The van der Waals surface area contributed by atoms with E-state index in [0.717, 1.165) is 5.56 Å². The van der Waals surface area contributed by atoms with Gasteiger partial charge in [0.25, 0.3) is 0 Å². The van der Waals surface area contributed by atoms with Gasteiger partial charge in [-0.25, -0.2) is 0 Å². The maximum atomic E-state index is 5.99. The van der Waals surface area contributed by atoms with Gasteiger partial charge in [0.1, 0.15) is 5.50 Å². The van der Waals surface area contributed by atoms with Gasteiger partial charge < -0.3 is 0 Å². The first-order valence-electron chi connectivity index (χ1n) is 3.13. The van der Waals surface area contributed by atoms with Crippen molar-refractivity contribution < 1.29 is 0 Å². The fourth-order valence-corrected chi connectivity index (χ4v) is 2.31. The van der Waals surface area contributed by atoms with E-state index in [1.165, 1.54) is 9.30 Å². The largest absolute Gasteiger partial charge is 0.270 e. The monoisotopic (exact) mass is 205 g/mol. The zero-order valence-corrected chi connectivity index (χ0v) is 7.83. The van der Waals surface area contributed by atoms with Crippen LogP contribution < -0.4 is 0 Å². The third-order valence-corrected chi connectivity index (χ3v) is 3.32. The molecule has 1 unspecified atom stereocenters. The number of fused-ring (bicyclic) bond motifs is 1. The summed E-state index contributed by atoms with van der Waals surface area (Å²) in [7, 11) is 0. The van der Waals surface area contributed by atoms with Crippen LogP contribution in [0.2, 0.25) is 0 Å². The maximum Gasteiger partial charge on any atom is 0.145 e. The summed E-state index contributed by atoms with van der Waals surface area (Å²) in [6.07, 6.45) is 3.74. The molecule has 0 aromatic carbocycles. The summed E-state index contributed by atoms with van der Waals surface area (Å²) in [6.45, 7) is 0. The molecule has 0 saturated heterocycles. The van der Waals surface area contributed by atoms with E-state index in [4.69, 9.17) is 23.4 Å². The van der Waals surface area contributed by atoms with Crippen molar-refractivity contribution in [3.63, 3.8) is 0 Å². The first kappa shape index (κ1) is 7.47. The van der Waals surface area contributed by atoms with E-state index < -0.39 is 0 Å². The topological polar surface area (TPSA) is 3.24 Å². The number of halogens is 2. The molecule has 1 aromatic heterocycles. The minimum absolute atomic E-state index is 0.220. The number of thiophene rings is 1. The second kappa shape index (κ2) is 2.70. The van der Waals surface area contributed by atoms with Crippen molar-refractivity contribution in [2.75, 3.05) is 0 Å². The van der Waals surface area contributed by atoms with Crippen LogP contribution in [0, 0.1) is 0 Å². The Balaban J connectivity index is 2.48. The van der Waals surface area contributed by atoms with E-state index in [9.17, 15) is 0 Å². The lowest BCUT2D eigenvalue weighted by molar-refractivity contribution is 0.571.